The number of unbranched alkanes of at least 4 members (excludes halogenated alkanes) is 1. The highest BCUT2D eigenvalue weighted by Crippen LogP contribution is 2.20. The second-order valence-electron chi connectivity index (χ2n) is 8.92. The molecule has 0 spiro atoms. The Kier molecular flexibility index (Phi) is 10.1. The van der Waals surface area contributed by atoms with Crippen LogP contribution < -0.4 is 27.2 Å². The maximum Gasteiger partial charge on any atom is 0.330 e. The van der Waals surface area contributed by atoms with E-state index in [1.807, 2.05) is 52.0 Å². The molecule has 0 fully saturated rings. The summed E-state index contributed by atoms with van der Waals surface area (Å²) in [6.45, 7) is 8.89. The van der Waals surface area contributed by atoms with E-state index in [4.69, 9.17) is 5.73 Å². The van der Waals surface area contributed by atoms with Crippen LogP contribution in [0.1, 0.15) is 57.6 Å². The summed E-state index contributed by atoms with van der Waals surface area (Å²) in [7, 11) is 0. The molecule has 1 aromatic carbocycles. The second kappa shape index (κ2) is 12.8. The summed E-state index contributed by atoms with van der Waals surface area (Å²) >= 11 is 0. The lowest BCUT2D eigenvalue weighted by Crippen LogP contribution is -2.43. The van der Waals surface area contributed by atoms with E-state index < -0.39 is 11.2 Å². The van der Waals surface area contributed by atoms with E-state index in [-0.39, 0.29) is 48.6 Å². The molecule has 2 aromatic rings. The number of hydrogen-bond donors (Lipinski definition) is 3. The van der Waals surface area contributed by atoms with Gasteiger partial charge in [-0.05, 0) is 36.8 Å². The van der Waals surface area contributed by atoms with Crippen molar-refractivity contribution in [2.75, 3.05) is 23.7 Å². The number of nitrogens with two attached hydrogens (primary N) is 1. The lowest BCUT2D eigenvalue weighted by atomic mass is 10.1. The molecule has 0 bridgehead atoms. The molecule has 4 N–H and O–H groups in total. The normalized spacial score (nSPS) is 11.0. The number of aryl methyl sites for hydroxylation is 1. The minimum atomic E-state index is -0.702. The highest BCUT2D eigenvalue weighted by Gasteiger charge is 2.25. The molecular formula is C25H37N5O4. The van der Waals surface area contributed by atoms with Crippen LogP contribution in [0, 0.1) is 12.8 Å². The zero-order chi connectivity index (χ0) is 25.3. The third-order valence-corrected chi connectivity index (χ3v) is 5.61. The fourth-order valence-electron chi connectivity index (χ4n) is 3.73. The minimum absolute atomic E-state index is 0.00547. The molecule has 9 heteroatoms. The molecule has 0 aliphatic rings. The van der Waals surface area contributed by atoms with Gasteiger partial charge in [0.05, 0.1) is 0 Å². The molecule has 0 unspecified atom stereocenters. The summed E-state index contributed by atoms with van der Waals surface area (Å²) in [5.41, 5.74) is 7.20. The summed E-state index contributed by atoms with van der Waals surface area (Å²) in [6.07, 6.45) is 2.17. The smallest absolute Gasteiger partial charge is 0.330 e. The van der Waals surface area contributed by atoms with Crippen LogP contribution in [0.5, 0.6) is 0 Å². The van der Waals surface area contributed by atoms with Gasteiger partial charge in [-0.25, -0.2) is 4.79 Å². The van der Waals surface area contributed by atoms with Gasteiger partial charge in [-0.2, -0.15) is 0 Å². The van der Waals surface area contributed by atoms with E-state index in [0.717, 1.165) is 12.0 Å². The Hall–Kier alpha value is -3.36. The second-order valence-corrected chi connectivity index (χ2v) is 8.92. The van der Waals surface area contributed by atoms with E-state index in [1.54, 1.807) is 0 Å². The van der Waals surface area contributed by atoms with Gasteiger partial charge >= 0.3 is 5.69 Å². The number of hydrogen-bond acceptors (Lipinski definition) is 5. The van der Waals surface area contributed by atoms with Gasteiger partial charge < -0.3 is 16.0 Å². The first-order valence-corrected chi connectivity index (χ1v) is 11.9. The topological polar surface area (TPSA) is 130 Å². The predicted molar refractivity (Wildman–Crippen MR) is 135 cm³/mol. The molecule has 0 radical (unpaired) electrons. The van der Waals surface area contributed by atoms with Crippen molar-refractivity contribution in [3.63, 3.8) is 0 Å². The van der Waals surface area contributed by atoms with Gasteiger partial charge in [0.2, 0.25) is 11.8 Å². The fourth-order valence-corrected chi connectivity index (χ4v) is 3.73. The molecule has 186 valence electrons. The number of nitrogens with one attached hydrogen (secondary N) is 2. The van der Waals surface area contributed by atoms with Crippen molar-refractivity contribution in [2.24, 2.45) is 5.92 Å². The van der Waals surface area contributed by atoms with E-state index in [9.17, 15) is 19.2 Å². The Morgan fingerprint density at radius 3 is 2.53 bits per heavy atom. The maximum absolute atomic E-state index is 13.1. The van der Waals surface area contributed by atoms with Crippen LogP contribution in [0.25, 0.3) is 0 Å². The average molecular weight is 472 g/mol. The number of benzene rings is 1. The lowest BCUT2D eigenvalue weighted by molar-refractivity contribution is -0.125. The lowest BCUT2D eigenvalue weighted by Gasteiger charge is -2.26. The van der Waals surface area contributed by atoms with Crippen LogP contribution in [0.4, 0.5) is 11.5 Å². The van der Waals surface area contributed by atoms with Crippen LogP contribution in [0.15, 0.2) is 33.9 Å². The summed E-state index contributed by atoms with van der Waals surface area (Å²) < 4.78 is 1.29. The molecule has 34 heavy (non-hydrogen) atoms. The highest BCUT2D eigenvalue weighted by molar-refractivity contribution is 5.97. The highest BCUT2D eigenvalue weighted by atomic mass is 16.2. The molecular weight excluding hydrogens is 434 g/mol. The number of rotatable bonds is 12. The SMILES string of the molecule is CCCCn1c(N)c(N(CC(C)C)C(=O)CCC(=O)NCCc2ccccc2C)c(=O)[nH]c1=O. The first kappa shape index (κ1) is 26.9. The molecule has 0 atom stereocenters. The van der Waals surface area contributed by atoms with Crippen LogP contribution in [0.3, 0.4) is 0 Å². The predicted octanol–water partition coefficient (Wildman–Crippen LogP) is 2.36. The molecule has 9 nitrogen and oxygen atoms in total. The van der Waals surface area contributed by atoms with E-state index in [0.29, 0.717) is 25.9 Å². The van der Waals surface area contributed by atoms with E-state index in [2.05, 4.69) is 10.3 Å². The van der Waals surface area contributed by atoms with Crippen molar-refractivity contribution >= 4 is 23.3 Å². The van der Waals surface area contributed by atoms with Gasteiger partial charge in [0, 0.05) is 32.5 Å². The number of nitrogens with zero attached hydrogens (tertiary/aromatic N) is 2. The molecule has 2 rings (SSSR count). The zero-order valence-corrected chi connectivity index (χ0v) is 20.6. The molecule has 1 aromatic heterocycles. The Labute approximate surface area is 200 Å². The van der Waals surface area contributed by atoms with Crippen LogP contribution in [0.2, 0.25) is 0 Å². The number of aromatic nitrogens is 2. The summed E-state index contributed by atoms with van der Waals surface area (Å²) in [6, 6.07) is 7.99. The van der Waals surface area contributed by atoms with Crippen molar-refractivity contribution in [1.82, 2.24) is 14.9 Å². The zero-order valence-electron chi connectivity index (χ0n) is 20.6. The summed E-state index contributed by atoms with van der Waals surface area (Å²) in [5, 5.41) is 2.85. The molecule has 0 aliphatic heterocycles. The molecule has 0 saturated heterocycles. The third kappa shape index (κ3) is 7.33. The number of carbonyl (C=O) groups excluding carboxylic acids is 2. The van der Waals surface area contributed by atoms with Crippen LogP contribution in [-0.4, -0.2) is 34.5 Å². The number of H-pyrrole nitrogens is 1. The van der Waals surface area contributed by atoms with Gasteiger partial charge in [-0.1, -0.05) is 51.5 Å². The first-order chi connectivity index (χ1) is 16.1. The van der Waals surface area contributed by atoms with Gasteiger partial charge in [0.25, 0.3) is 5.56 Å². The number of nitrogen functional groups attached to an aromatic ring is 1. The average Bonchev–Trinajstić information content (AvgIpc) is 2.77. The van der Waals surface area contributed by atoms with Crippen molar-refractivity contribution < 1.29 is 9.59 Å². The Morgan fingerprint density at radius 2 is 1.88 bits per heavy atom. The fraction of sp³-hybridized carbons (Fsp3) is 0.520. The maximum atomic E-state index is 13.1. The monoisotopic (exact) mass is 471 g/mol. The molecule has 0 aliphatic carbocycles. The van der Waals surface area contributed by atoms with Crippen LogP contribution in [-0.2, 0) is 22.6 Å². The molecule has 0 saturated carbocycles. The molecule has 1 heterocycles. The van der Waals surface area contributed by atoms with E-state index in [1.165, 1.54) is 15.0 Å². The largest absolute Gasteiger partial charge is 0.383 e. The third-order valence-electron chi connectivity index (χ3n) is 5.61. The van der Waals surface area contributed by atoms with Gasteiger partial charge in [0.1, 0.15) is 5.82 Å². The number of amides is 2. The van der Waals surface area contributed by atoms with E-state index >= 15 is 0 Å². The minimum Gasteiger partial charge on any atom is -0.383 e. The van der Waals surface area contributed by atoms with Gasteiger partial charge in [-0.15, -0.1) is 0 Å². The number of carbonyl (C=O) groups is 2. The van der Waals surface area contributed by atoms with Crippen molar-refractivity contribution in [3.8, 4) is 0 Å². The van der Waals surface area contributed by atoms with Crippen molar-refractivity contribution in [1.29, 1.82) is 0 Å². The van der Waals surface area contributed by atoms with Crippen molar-refractivity contribution in [2.45, 2.75) is 66.3 Å². The van der Waals surface area contributed by atoms with Gasteiger partial charge in [0.15, 0.2) is 5.69 Å². The first-order valence-electron chi connectivity index (χ1n) is 11.9. The summed E-state index contributed by atoms with van der Waals surface area (Å²) in [5.74, 6) is -0.609. The Morgan fingerprint density at radius 1 is 1.18 bits per heavy atom. The Balaban J connectivity index is 2.10. The summed E-state index contributed by atoms with van der Waals surface area (Å²) in [4.78, 5) is 53.9. The number of aromatic amines is 1. The standard InChI is InChI=1S/C25H37N5O4/c1-5-6-15-29-23(26)22(24(33)28-25(29)34)30(16-17(2)3)21(32)12-11-20(31)27-14-13-19-10-8-7-9-18(19)4/h7-10,17H,5-6,11-16,26H2,1-4H3,(H,27,31)(H,28,33,34). The van der Waals surface area contributed by atoms with Crippen LogP contribution >= 0.6 is 0 Å². The van der Waals surface area contributed by atoms with Gasteiger partial charge in [-0.3, -0.25) is 23.9 Å². The number of anilines is 2. The van der Waals surface area contributed by atoms with Crippen molar-refractivity contribution in [3.05, 3.63) is 56.2 Å². The Bertz CT molecular complexity index is 1100. The quantitative estimate of drug-likeness (QED) is 0.437. The molecule has 2 amide bonds.